The molecule has 0 aliphatic carbocycles. The third kappa shape index (κ3) is 4.71. The summed E-state index contributed by atoms with van der Waals surface area (Å²) in [6, 6.07) is 4.87. The summed E-state index contributed by atoms with van der Waals surface area (Å²) in [5.74, 6) is -0.101. The van der Waals surface area contributed by atoms with E-state index in [4.69, 9.17) is 4.74 Å². The number of amides is 2. The number of halogens is 2. The highest BCUT2D eigenvalue weighted by Crippen LogP contribution is 2.26. The fourth-order valence-electron chi connectivity index (χ4n) is 1.66. The summed E-state index contributed by atoms with van der Waals surface area (Å²) in [5, 5.41) is 5.10. The quantitative estimate of drug-likeness (QED) is 0.713. The third-order valence-electron chi connectivity index (χ3n) is 2.59. The zero-order chi connectivity index (χ0) is 17.7. The fourth-order valence-corrected chi connectivity index (χ4v) is 2.63. The normalized spacial score (nSPS) is 10.2. The average molecular weight is 459 g/mol. The molecule has 126 valence electrons. The van der Waals surface area contributed by atoms with E-state index in [1.807, 2.05) is 6.92 Å². The van der Waals surface area contributed by atoms with Gasteiger partial charge >= 0.3 is 0 Å². The molecule has 2 N–H and O–H groups in total. The Morgan fingerprint density at radius 3 is 2.38 bits per heavy atom. The van der Waals surface area contributed by atoms with Crippen LogP contribution < -0.4 is 15.4 Å². The lowest BCUT2D eigenvalue weighted by Crippen LogP contribution is -2.17. The molecule has 2 rings (SSSR count). The Bertz CT molecular complexity index is 785. The van der Waals surface area contributed by atoms with Crippen molar-refractivity contribution in [3.63, 3.8) is 0 Å². The lowest BCUT2D eigenvalue weighted by atomic mass is 10.3. The second-order valence-electron chi connectivity index (χ2n) is 4.43. The molecule has 0 radical (unpaired) electrons. The van der Waals surface area contributed by atoms with Crippen LogP contribution in [0, 0.1) is 0 Å². The second kappa shape index (κ2) is 8.15. The van der Waals surface area contributed by atoms with Crippen molar-refractivity contribution in [2.75, 3.05) is 17.2 Å². The predicted octanol–water partition coefficient (Wildman–Crippen LogP) is 3.01. The van der Waals surface area contributed by atoms with E-state index in [0.29, 0.717) is 21.7 Å². The summed E-state index contributed by atoms with van der Waals surface area (Å²) in [6.07, 6.45) is 0. The molecule has 8 nitrogen and oxygen atoms in total. The number of carbonyl (C=O) groups is 2. The predicted molar refractivity (Wildman–Crippen MR) is 95.1 cm³/mol. The first-order chi connectivity index (χ1) is 11.4. The van der Waals surface area contributed by atoms with Gasteiger partial charge in [0.25, 0.3) is 5.91 Å². The molecule has 0 saturated heterocycles. The van der Waals surface area contributed by atoms with E-state index < -0.39 is 5.91 Å². The Kier molecular flexibility index (Phi) is 6.21. The van der Waals surface area contributed by atoms with Crippen LogP contribution in [0.2, 0.25) is 0 Å². The fraction of sp³-hybridized carbons (Fsp3) is 0.214. The van der Waals surface area contributed by atoms with E-state index in [0.717, 1.165) is 0 Å². The number of aromatic nitrogens is 3. The van der Waals surface area contributed by atoms with Gasteiger partial charge in [-0.2, -0.15) is 0 Å². The molecular formula is C14H13Br2N5O3. The van der Waals surface area contributed by atoms with Gasteiger partial charge in [0, 0.05) is 13.0 Å². The number of anilines is 2. The van der Waals surface area contributed by atoms with Crippen molar-refractivity contribution in [2.45, 2.75) is 13.8 Å². The molecule has 2 aromatic rings. The zero-order valence-corrected chi connectivity index (χ0v) is 15.9. The van der Waals surface area contributed by atoms with E-state index in [1.165, 1.54) is 6.92 Å². The molecule has 0 aliphatic rings. The summed E-state index contributed by atoms with van der Waals surface area (Å²) >= 11 is 6.40. The number of carbonyl (C=O) groups excluding carboxylic acids is 2. The van der Waals surface area contributed by atoms with E-state index in [1.54, 1.807) is 18.2 Å². The van der Waals surface area contributed by atoms with Gasteiger partial charge < -0.3 is 15.4 Å². The summed E-state index contributed by atoms with van der Waals surface area (Å²) in [5.41, 5.74) is 0.165. The van der Waals surface area contributed by atoms with E-state index in [9.17, 15) is 9.59 Å². The molecule has 10 heteroatoms. The topological polar surface area (TPSA) is 106 Å². The summed E-state index contributed by atoms with van der Waals surface area (Å²) < 4.78 is 5.90. The second-order valence-corrected chi connectivity index (χ2v) is 5.93. The van der Waals surface area contributed by atoms with Crippen LogP contribution in [0.4, 0.5) is 11.6 Å². The first kappa shape index (κ1) is 18.3. The SMILES string of the molecule is CCOc1cccc(C(=O)Nc2nc(NC(C)=O)c(Br)nc2Br)n1. The maximum absolute atomic E-state index is 12.3. The van der Waals surface area contributed by atoms with Crippen molar-refractivity contribution >= 4 is 55.3 Å². The minimum absolute atomic E-state index is 0.149. The van der Waals surface area contributed by atoms with Crippen molar-refractivity contribution in [1.82, 2.24) is 15.0 Å². The van der Waals surface area contributed by atoms with Gasteiger partial charge in [0.05, 0.1) is 6.61 Å². The lowest BCUT2D eigenvalue weighted by Gasteiger charge is -2.10. The van der Waals surface area contributed by atoms with Gasteiger partial charge in [0.15, 0.2) is 11.6 Å². The van der Waals surface area contributed by atoms with Gasteiger partial charge in [-0.05, 0) is 44.8 Å². The van der Waals surface area contributed by atoms with Crippen LogP contribution in [0.15, 0.2) is 27.4 Å². The molecule has 0 aliphatic heterocycles. The minimum atomic E-state index is -0.484. The molecule has 0 saturated carbocycles. The minimum Gasteiger partial charge on any atom is -0.478 e. The summed E-state index contributed by atoms with van der Waals surface area (Å²) in [4.78, 5) is 35.9. The van der Waals surface area contributed by atoms with Crippen molar-refractivity contribution in [3.8, 4) is 5.88 Å². The molecule has 0 aromatic carbocycles. The molecule has 0 unspecified atom stereocenters. The smallest absolute Gasteiger partial charge is 0.275 e. The Morgan fingerprint density at radius 1 is 1.08 bits per heavy atom. The van der Waals surface area contributed by atoms with Crippen molar-refractivity contribution in [2.24, 2.45) is 0 Å². The maximum Gasteiger partial charge on any atom is 0.275 e. The van der Waals surface area contributed by atoms with Gasteiger partial charge in [0.2, 0.25) is 11.8 Å². The van der Waals surface area contributed by atoms with Crippen molar-refractivity contribution < 1.29 is 14.3 Å². The Balaban J connectivity index is 2.25. The molecule has 2 aromatic heterocycles. The molecule has 0 bridgehead atoms. The van der Waals surface area contributed by atoms with Crippen LogP contribution in [0.3, 0.4) is 0 Å². The largest absolute Gasteiger partial charge is 0.478 e. The molecule has 2 heterocycles. The zero-order valence-electron chi connectivity index (χ0n) is 12.8. The van der Waals surface area contributed by atoms with E-state index in [-0.39, 0.29) is 23.2 Å². The van der Waals surface area contributed by atoms with Crippen LogP contribution in [0.5, 0.6) is 5.88 Å². The van der Waals surface area contributed by atoms with Crippen LogP contribution in [0.25, 0.3) is 0 Å². The Morgan fingerprint density at radius 2 is 1.75 bits per heavy atom. The van der Waals surface area contributed by atoms with Crippen molar-refractivity contribution in [1.29, 1.82) is 0 Å². The van der Waals surface area contributed by atoms with Gasteiger partial charge in [-0.25, -0.2) is 15.0 Å². The van der Waals surface area contributed by atoms with Crippen LogP contribution in [0.1, 0.15) is 24.3 Å². The molecule has 0 atom stereocenters. The molecule has 24 heavy (non-hydrogen) atoms. The summed E-state index contributed by atoms with van der Waals surface area (Å²) in [7, 11) is 0. The monoisotopic (exact) mass is 457 g/mol. The number of ether oxygens (including phenoxy) is 1. The number of rotatable bonds is 5. The van der Waals surface area contributed by atoms with E-state index >= 15 is 0 Å². The highest BCUT2D eigenvalue weighted by Gasteiger charge is 2.16. The van der Waals surface area contributed by atoms with E-state index in [2.05, 4.69) is 57.4 Å². The van der Waals surface area contributed by atoms with Gasteiger partial charge in [-0.1, -0.05) is 6.07 Å². The molecule has 2 amide bonds. The first-order valence-electron chi connectivity index (χ1n) is 6.82. The Labute approximate surface area is 154 Å². The molecule has 0 spiro atoms. The number of nitrogens with zero attached hydrogens (tertiary/aromatic N) is 3. The van der Waals surface area contributed by atoms with Crippen LogP contribution in [-0.4, -0.2) is 33.4 Å². The lowest BCUT2D eigenvalue weighted by molar-refractivity contribution is -0.114. The van der Waals surface area contributed by atoms with Crippen LogP contribution in [-0.2, 0) is 4.79 Å². The highest BCUT2D eigenvalue weighted by atomic mass is 79.9. The number of hydrogen-bond donors (Lipinski definition) is 2. The average Bonchev–Trinajstić information content (AvgIpc) is 2.52. The highest BCUT2D eigenvalue weighted by molar-refractivity contribution is 9.11. The standard InChI is InChI=1S/C14H13Br2N5O3/c1-3-24-9-6-4-5-8(18-9)14(23)21-13-11(16)19-10(15)12(20-13)17-7(2)22/h4-6H,3H2,1-2H3,(H2,17,20,21,22,23). The Hall–Kier alpha value is -2.07. The van der Waals surface area contributed by atoms with Gasteiger partial charge in [-0.15, -0.1) is 0 Å². The summed E-state index contributed by atoms with van der Waals surface area (Å²) in [6.45, 7) is 3.62. The number of pyridine rings is 1. The first-order valence-corrected chi connectivity index (χ1v) is 8.41. The number of hydrogen-bond acceptors (Lipinski definition) is 6. The van der Waals surface area contributed by atoms with Gasteiger partial charge in [-0.3, -0.25) is 9.59 Å². The number of nitrogens with one attached hydrogen (secondary N) is 2. The molecule has 0 fully saturated rings. The van der Waals surface area contributed by atoms with Gasteiger partial charge in [0.1, 0.15) is 14.9 Å². The maximum atomic E-state index is 12.3. The third-order valence-corrected chi connectivity index (χ3v) is 3.69. The van der Waals surface area contributed by atoms with Crippen molar-refractivity contribution in [3.05, 3.63) is 33.1 Å². The molecular weight excluding hydrogens is 446 g/mol. The van der Waals surface area contributed by atoms with Crippen LogP contribution >= 0.6 is 31.9 Å².